The first-order valence-electron chi connectivity index (χ1n) is 5.74. The third-order valence-corrected chi connectivity index (χ3v) is 2.63. The molecule has 2 nitrogen and oxygen atoms in total. The van der Waals surface area contributed by atoms with Gasteiger partial charge in [-0.15, -0.1) is 0 Å². The van der Waals surface area contributed by atoms with E-state index in [4.69, 9.17) is 4.74 Å². The predicted molar refractivity (Wildman–Crippen MR) is 55.7 cm³/mol. The molecule has 1 heterocycles. The van der Waals surface area contributed by atoms with E-state index in [2.05, 4.69) is 19.2 Å². The highest BCUT2D eigenvalue weighted by Gasteiger charge is 2.18. The van der Waals surface area contributed by atoms with Crippen molar-refractivity contribution >= 4 is 0 Å². The van der Waals surface area contributed by atoms with E-state index >= 15 is 0 Å². The van der Waals surface area contributed by atoms with Crippen LogP contribution in [0.4, 0.5) is 0 Å². The molecule has 0 saturated carbocycles. The largest absolute Gasteiger partial charge is 0.363 e. The van der Waals surface area contributed by atoms with Gasteiger partial charge in [0.05, 0.1) is 0 Å². The lowest BCUT2D eigenvalue weighted by atomic mass is 10.1. The Bertz CT molecular complexity index is 115. The molecule has 1 aliphatic heterocycles. The molecule has 1 atom stereocenters. The lowest BCUT2D eigenvalue weighted by Crippen LogP contribution is -2.37. The summed E-state index contributed by atoms with van der Waals surface area (Å²) in [7, 11) is 0. The maximum Gasteiger partial charge on any atom is 0.108 e. The topological polar surface area (TPSA) is 21.3 Å². The number of rotatable bonds is 6. The summed E-state index contributed by atoms with van der Waals surface area (Å²) in [6.07, 6.45) is 7.88. The quantitative estimate of drug-likeness (QED) is 0.687. The van der Waals surface area contributed by atoms with Crippen molar-refractivity contribution in [1.29, 1.82) is 0 Å². The van der Waals surface area contributed by atoms with Gasteiger partial charge < -0.3 is 4.74 Å². The van der Waals surface area contributed by atoms with Crippen LogP contribution < -0.4 is 5.32 Å². The maximum atomic E-state index is 5.56. The Labute approximate surface area is 82.0 Å². The van der Waals surface area contributed by atoms with E-state index in [1.807, 2.05) is 0 Å². The van der Waals surface area contributed by atoms with E-state index in [1.165, 1.54) is 38.5 Å². The number of nitrogens with one attached hydrogen (secondary N) is 1. The van der Waals surface area contributed by atoms with Crippen LogP contribution in [0.2, 0.25) is 0 Å². The van der Waals surface area contributed by atoms with Gasteiger partial charge in [0.15, 0.2) is 0 Å². The van der Waals surface area contributed by atoms with E-state index in [-0.39, 0.29) is 0 Å². The molecule has 1 aliphatic rings. The lowest BCUT2D eigenvalue weighted by Gasteiger charge is -2.21. The van der Waals surface area contributed by atoms with Crippen LogP contribution in [0.25, 0.3) is 0 Å². The van der Waals surface area contributed by atoms with Gasteiger partial charge in [0.1, 0.15) is 6.23 Å². The minimum absolute atomic E-state index is 0.350. The van der Waals surface area contributed by atoms with Crippen molar-refractivity contribution in [1.82, 2.24) is 5.32 Å². The fourth-order valence-electron chi connectivity index (χ4n) is 1.98. The third kappa shape index (κ3) is 4.10. The van der Waals surface area contributed by atoms with Crippen LogP contribution in [0, 0.1) is 0 Å². The van der Waals surface area contributed by atoms with Crippen molar-refractivity contribution in [3.8, 4) is 0 Å². The third-order valence-electron chi connectivity index (χ3n) is 2.63. The standard InChI is InChI=1S/C11H23NO/c1-3-6-10(7-4-2)12-11-8-5-9-13-11/h10-12H,3-9H2,1-2H3. The Balaban J connectivity index is 2.19. The van der Waals surface area contributed by atoms with Crippen LogP contribution in [0.1, 0.15) is 52.4 Å². The minimum atomic E-state index is 0.350. The molecule has 78 valence electrons. The molecule has 0 aliphatic carbocycles. The van der Waals surface area contributed by atoms with Gasteiger partial charge >= 0.3 is 0 Å². The highest BCUT2D eigenvalue weighted by molar-refractivity contribution is 4.71. The van der Waals surface area contributed by atoms with Gasteiger partial charge in [0.25, 0.3) is 0 Å². The maximum absolute atomic E-state index is 5.56. The fourth-order valence-corrected chi connectivity index (χ4v) is 1.98. The molecule has 13 heavy (non-hydrogen) atoms. The van der Waals surface area contributed by atoms with E-state index in [9.17, 15) is 0 Å². The first-order chi connectivity index (χ1) is 6.36. The summed E-state index contributed by atoms with van der Waals surface area (Å²) >= 11 is 0. The molecule has 2 heteroatoms. The SMILES string of the molecule is CCCC(CCC)NC1CCCO1. The van der Waals surface area contributed by atoms with Gasteiger partial charge in [-0.1, -0.05) is 26.7 Å². The zero-order valence-corrected chi connectivity index (χ0v) is 9.01. The summed E-state index contributed by atoms with van der Waals surface area (Å²) in [4.78, 5) is 0. The molecule has 1 N–H and O–H groups in total. The van der Waals surface area contributed by atoms with E-state index < -0.39 is 0 Å². The second kappa shape index (κ2) is 6.39. The number of hydrogen-bond donors (Lipinski definition) is 1. The second-order valence-electron chi connectivity index (χ2n) is 3.94. The van der Waals surface area contributed by atoms with Crippen LogP contribution in [0.5, 0.6) is 0 Å². The predicted octanol–water partition coefficient (Wildman–Crippen LogP) is 2.68. The molecule has 1 rings (SSSR count). The lowest BCUT2D eigenvalue weighted by molar-refractivity contribution is 0.0712. The average molecular weight is 185 g/mol. The molecule has 1 fully saturated rings. The smallest absolute Gasteiger partial charge is 0.108 e. The van der Waals surface area contributed by atoms with Crippen LogP contribution in [0.3, 0.4) is 0 Å². The zero-order chi connectivity index (χ0) is 9.52. The normalized spacial score (nSPS) is 22.8. The van der Waals surface area contributed by atoms with Crippen molar-refractivity contribution in [2.24, 2.45) is 0 Å². The van der Waals surface area contributed by atoms with Crippen molar-refractivity contribution in [3.05, 3.63) is 0 Å². The summed E-state index contributed by atoms with van der Waals surface area (Å²) in [5, 5.41) is 3.60. The second-order valence-corrected chi connectivity index (χ2v) is 3.94. The average Bonchev–Trinajstić information content (AvgIpc) is 2.58. The number of hydrogen-bond acceptors (Lipinski definition) is 2. The first kappa shape index (κ1) is 11.0. The fraction of sp³-hybridized carbons (Fsp3) is 1.00. The molecular formula is C11H23NO. The summed E-state index contributed by atoms with van der Waals surface area (Å²) in [5.41, 5.74) is 0. The first-order valence-corrected chi connectivity index (χ1v) is 5.74. The monoisotopic (exact) mass is 185 g/mol. The molecule has 0 aromatic rings. The molecule has 0 amide bonds. The highest BCUT2D eigenvalue weighted by atomic mass is 16.5. The molecule has 0 spiro atoms. The van der Waals surface area contributed by atoms with Crippen molar-refractivity contribution in [2.45, 2.75) is 64.6 Å². The van der Waals surface area contributed by atoms with Gasteiger partial charge in [-0.2, -0.15) is 0 Å². The van der Waals surface area contributed by atoms with Gasteiger partial charge in [-0.05, 0) is 25.7 Å². The molecule has 0 radical (unpaired) electrons. The molecule has 0 aromatic carbocycles. The molecule has 1 unspecified atom stereocenters. The summed E-state index contributed by atoms with van der Waals surface area (Å²) in [6.45, 7) is 5.45. The Morgan fingerprint density at radius 1 is 1.31 bits per heavy atom. The Kier molecular flexibility index (Phi) is 5.40. The Morgan fingerprint density at radius 2 is 2.00 bits per heavy atom. The Morgan fingerprint density at radius 3 is 2.46 bits per heavy atom. The van der Waals surface area contributed by atoms with Crippen molar-refractivity contribution < 1.29 is 4.74 Å². The van der Waals surface area contributed by atoms with E-state index in [1.54, 1.807) is 0 Å². The molecular weight excluding hydrogens is 162 g/mol. The van der Waals surface area contributed by atoms with Gasteiger partial charge in [-0.3, -0.25) is 5.32 Å². The highest BCUT2D eigenvalue weighted by Crippen LogP contribution is 2.13. The molecule has 1 saturated heterocycles. The van der Waals surface area contributed by atoms with Crippen LogP contribution in [-0.4, -0.2) is 18.9 Å². The summed E-state index contributed by atoms with van der Waals surface area (Å²) in [6, 6.07) is 0.679. The van der Waals surface area contributed by atoms with Gasteiger partial charge in [-0.25, -0.2) is 0 Å². The van der Waals surface area contributed by atoms with Crippen molar-refractivity contribution in [2.75, 3.05) is 6.61 Å². The Hall–Kier alpha value is -0.0800. The summed E-state index contributed by atoms with van der Waals surface area (Å²) in [5.74, 6) is 0. The van der Waals surface area contributed by atoms with Crippen LogP contribution in [-0.2, 0) is 4.74 Å². The van der Waals surface area contributed by atoms with Crippen molar-refractivity contribution in [3.63, 3.8) is 0 Å². The summed E-state index contributed by atoms with van der Waals surface area (Å²) < 4.78 is 5.56. The molecule has 0 bridgehead atoms. The van der Waals surface area contributed by atoms with E-state index in [0.29, 0.717) is 12.3 Å². The zero-order valence-electron chi connectivity index (χ0n) is 9.01. The van der Waals surface area contributed by atoms with Gasteiger partial charge in [0, 0.05) is 12.6 Å². The molecule has 0 aromatic heterocycles. The van der Waals surface area contributed by atoms with E-state index in [0.717, 1.165) is 6.61 Å². The minimum Gasteiger partial charge on any atom is -0.363 e. The van der Waals surface area contributed by atoms with Crippen LogP contribution >= 0.6 is 0 Å². The van der Waals surface area contributed by atoms with Gasteiger partial charge in [0.2, 0.25) is 0 Å². The van der Waals surface area contributed by atoms with Crippen LogP contribution in [0.15, 0.2) is 0 Å². The number of ether oxygens (including phenoxy) is 1.